The van der Waals surface area contributed by atoms with E-state index >= 15 is 0 Å². The van der Waals surface area contributed by atoms with Crippen molar-refractivity contribution in [1.82, 2.24) is 0 Å². The lowest BCUT2D eigenvalue weighted by molar-refractivity contribution is -0.228. The highest BCUT2D eigenvalue weighted by atomic mass is 19.1. The fourth-order valence-electron chi connectivity index (χ4n) is 3.67. The average molecular weight is 317 g/mol. The van der Waals surface area contributed by atoms with Gasteiger partial charge in [0.05, 0.1) is 18.8 Å². The molecule has 0 unspecified atom stereocenters. The minimum absolute atomic E-state index is 0.0588. The van der Waals surface area contributed by atoms with Gasteiger partial charge in [-0.05, 0) is 55.7 Å². The van der Waals surface area contributed by atoms with Crippen molar-refractivity contribution in [2.24, 2.45) is 11.8 Å². The van der Waals surface area contributed by atoms with E-state index in [0.717, 1.165) is 50.9 Å². The zero-order valence-corrected chi connectivity index (χ0v) is 13.6. The van der Waals surface area contributed by atoms with Crippen LogP contribution in [0.5, 0.6) is 0 Å². The summed E-state index contributed by atoms with van der Waals surface area (Å²) in [6, 6.07) is 6.89. The molecule has 3 rings (SSSR count). The van der Waals surface area contributed by atoms with Crippen molar-refractivity contribution in [3.63, 3.8) is 0 Å². The van der Waals surface area contributed by atoms with E-state index < -0.39 is 5.82 Å². The minimum Gasteiger partial charge on any atom is -0.352 e. The van der Waals surface area contributed by atoms with Crippen LogP contribution in [0.4, 0.5) is 4.39 Å². The summed E-state index contributed by atoms with van der Waals surface area (Å²) < 4.78 is 25.6. The molecule has 1 aliphatic heterocycles. The first kappa shape index (κ1) is 16.4. The van der Waals surface area contributed by atoms with Gasteiger partial charge in [0.1, 0.15) is 11.9 Å². The Morgan fingerprint density at radius 3 is 2.43 bits per heavy atom. The van der Waals surface area contributed by atoms with Crippen molar-refractivity contribution >= 4 is 0 Å². The molecule has 0 bridgehead atoms. The number of nitriles is 1. The van der Waals surface area contributed by atoms with E-state index in [-0.39, 0.29) is 11.9 Å². The molecule has 1 aromatic rings. The highest BCUT2D eigenvalue weighted by Gasteiger charge is 2.32. The smallest absolute Gasteiger partial charge is 0.160 e. The van der Waals surface area contributed by atoms with Crippen LogP contribution in [0.15, 0.2) is 18.2 Å². The third kappa shape index (κ3) is 3.73. The molecule has 0 aromatic heterocycles. The number of ether oxygens (including phenoxy) is 2. The molecular formula is C19H24FNO2. The van der Waals surface area contributed by atoms with Gasteiger partial charge in [0.25, 0.3) is 0 Å². The molecule has 2 aliphatic rings. The summed E-state index contributed by atoms with van der Waals surface area (Å²) in [5.41, 5.74) is 1.13. The molecule has 1 heterocycles. The zero-order valence-electron chi connectivity index (χ0n) is 13.6. The van der Waals surface area contributed by atoms with Gasteiger partial charge < -0.3 is 9.47 Å². The first-order valence-corrected chi connectivity index (χ1v) is 8.64. The minimum atomic E-state index is -0.406. The summed E-state index contributed by atoms with van der Waals surface area (Å²) in [5.74, 6) is 0.952. The highest BCUT2D eigenvalue weighted by Crippen LogP contribution is 2.39. The van der Waals surface area contributed by atoms with Crippen molar-refractivity contribution in [3.8, 4) is 6.07 Å². The predicted octanol–water partition coefficient (Wildman–Crippen LogP) is 4.37. The Kier molecular flexibility index (Phi) is 5.30. The first-order chi connectivity index (χ1) is 11.2. The fourth-order valence-corrected chi connectivity index (χ4v) is 3.67. The molecule has 1 aliphatic carbocycles. The maximum Gasteiger partial charge on any atom is 0.160 e. The maximum atomic E-state index is 13.8. The van der Waals surface area contributed by atoms with Crippen LogP contribution in [0.25, 0.3) is 0 Å². The largest absolute Gasteiger partial charge is 0.352 e. The average Bonchev–Trinajstić information content (AvgIpc) is 2.62. The van der Waals surface area contributed by atoms with Crippen LogP contribution in [0.3, 0.4) is 0 Å². The number of rotatable bonds is 3. The van der Waals surface area contributed by atoms with Crippen molar-refractivity contribution in [3.05, 3.63) is 35.1 Å². The number of halogens is 1. The standard InChI is InChI=1S/C19H24FNO2/c1-2-13-11-22-19(23-12-13)15-5-3-14(4-6-15)16-7-8-17(10-21)18(20)9-16/h7-9,13-15,19H,2-6,11-12H2,1H3. The van der Waals surface area contributed by atoms with E-state index in [1.807, 2.05) is 12.1 Å². The first-order valence-electron chi connectivity index (χ1n) is 8.64. The van der Waals surface area contributed by atoms with Crippen molar-refractivity contribution in [2.75, 3.05) is 13.2 Å². The molecule has 3 nitrogen and oxygen atoms in total. The Labute approximate surface area is 137 Å². The Morgan fingerprint density at radius 1 is 1.17 bits per heavy atom. The van der Waals surface area contributed by atoms with E-state index in [9.17, 15) is 4.39 Å². The van der Waals surface area contributed by atoms with Gasteiger partial charge in [-0.1, -0.05) is 13.0 Å². The lowest BCUT2D eigenvalue weighted by atomic mass is 9.78. The van der Waals surface area contributed by atoms with E-state index in [4.69, 9.17) is 14.7 Å². The van der Waals surface area contributed by atoms with Gasteiger partial charge in [0.2, 0.25) is 0 Å². The maximum absolute atomic E-state index is 13.8. The Balaban J connectivity index is 1.54. The summed E-state index contributed by atoms with van der Waals surface area (Å²) in [6.07, 6.45) is 5.19. The molecule has 4 heteroatoms. The summed E-state index contributed by atoms with van der Waals surface area (Å²) in [6.45, 7) is 3.78. The van der Waals surface area contributed by atoms with Crippen LogP contribution in [0.1, 0.15) is 56.1 Å². The van der Waals surface area contributed by atoms with Gasteiger partial charge in [0, 0.05) is 11.8 Å². The highest BCUT2D eigenvalue weighted by molar-refractivity contribution is 5.34. The van der Waals surface area contributed by atoms with Gasteiger partial charge in [-0.15, -0.1) is 0 Å². The second-order valence-electron chi connectivity index (χ2n) is 6.77. The molecule has 1 saturated carbocycles. The van der Waals surface area contributed by atoms with Crippen LogP contribution in [-0.4, -0.2) is 19.5 Å². The van der Waals surface area contributed by atoms with E-state index in [1.165, 1.54) is 6.07 Å². The molecule has 124 valence electrons. The number of hydrogen-bond donors (Lipinski definition) is 0. The summed E-state index contributed by atoms with van der Waals surface area (Å²) >= 11 is 0. The van der Waals surface area contributed by atoms with Crippen LogP contribution >= 0.6 is 0 Å². The molecule has 0 radical (unpaired) electrons. The zero-order chi connectivity index (χ0) is 16.2. The normalized spacial score (nSPS) is 31.5. The fraction of sp³-hybridized carbons (Fsp3) is 0.632. The van der Waals surface area contributed by atoms with Crippen LogP contribution in [-0.2, 0) is 9.47 Å². The van der Waals surface area contributed by atoms with Gasteiger partial charge in [-0.3, -0.25) is 0 Å². The topological polar surface area (TPSA) is 42.2 Å². The van der Waals surface area contributed by atoms with Crippen molar-refractivity contribution in [1.29, 1.82) is 5.26 Å². The van der Waals surface area contributed by atoms with Gasteiger partial charge in [0.15, 0.2) is 6.29 Å². The molecule has 1 saturated heterocycles. The molecule has 0 atom stereocenters. The second kappa shape index (κ2) is 7.42. The Hall–Kier alpha value is -1.44. The van der Waals surface area contributed by atoms with E-state index in [0.29, 0.717) is 17.8 Å². The summed E-state index contributed by atoms with van der Waals surface area (Å²) in [7, 11) is 0. The van der Waals surface area contributed by atoms with Gasteiger partial charge >= 0.3 is 0 Å². The van der Waals surface area contributed by atoms with Gasteiger partial charge in [-0.2, -0.15) is 5.26 Å². The lowest BCUT2D eigenvalue weighted by Crippen LogP contribution is -2.38. The Morgan fingerprint density at radius 2 is 1.87 bits per heavy atom. The molecule has 2 fully saturated rings. The van der Waals surface area contributed by atoms with Gasteiger partial charge in [-0.25, -0.2) is 4.39 Å². The monoisotopic (exact) mass is 317 g/mol. The number of hydrogen-bond acceptors (Lipinski definition) is 3. The summed E-state index contributed by atoms with van der Waals surface area (Å²) in [5, 5.41) is 8.82. The summed E-state index contributed by atoms with van der Waals surface area (Å²) in [4.78, 5) is 0. The molecule has 0 amide bonds. The van der Waals surface area contributed by atoms with E-state index in [1.54, 1.807) is 6.07 Å². The number of nitrogens with zero attached hydrogens (tertiary/aromatic N) is 1. The molecule has 0 N–H and O–H groups in total. The third-order valence-corrected chi connectivity index (χ3v) is 5.31. The Bertz CT molecular complexity index is 567. The second-order valence-corrected chi connectivity index (χ2v) is 6.77. The van der Waals surface area contributed by atoms with Crippen molar-refractivity contribution < 1.29 is 13.9 Å². The SMILES string of the molecule is CCC1COC(C2CCC(c3ccc(C#N)c(F)c3)CC2)OC1. The lowest BCUT2D eigenvalue weighted by Gasteiger charge is -2.37. The van der Waals surface area contributed by atoms with Crippen LogP contribution < -0.4 is 0 Å². The van der Waals surface area contributed by atoms with E-state index in [2.05, 4.69) is 6.92 Å². The molecule has 23 heavy (non-hydrogen) atoms. The third-order valence-electron chi connectivity index (χ3n) is 5.31. The predicted molar refractivity (Wildman–Crippen MR) is 85.3 cm³/mol. The quantitative estimate of drug-likeness (QED) is 0.831. The van der Waals surface area contributed by atoms with Crippen LogP contribution in [0.2, 0.25) is 0 Å². The molecule has 1 aromatic carbocycles. The molecule has 0 spiro atoms. The van der Waals surface area contributed by atoms with Crippen molar-refractivity contribution in [2.45, 2.75) is 51.2 Å². The molecular weight excluding hydrogens is 293 g/mol. The number of benzene rings is 1. The van der Waals surface area contributed by atoms with Crippen LogP contribution in [0, 0.1) is 29.0 Å².